The zero-order valence-corrected chi connectivity index (χ0v) is 14.6. The van der Waals surface area contributed by atoms with E-state index in [1.165, 1.54) is 4.90 Å². The number of likely N-dealkylation sites (tertiary alicyclic amines) is 1. The van der Waals surface area contributed by atoms with E-state index in [0.717, 1.165) is 11.3 Å². The number of rotatable bonds is 6. The molecule has 1 amide bonds. The molecule has 140 valence electrons. The molecular weight excluding hydrogens is 333 g/mol. The molecule has 7 heteroatoms. The monoisotopic (exact) mass is 358 g/mol. The fourth-order valence-corrected chi connectivity index (χ4v) is 2.94. The van der Waals surface area contributed by atoms with Crippen molar-refractivity contribution < 1.29 is 22.7 Å². The number of ether oxygens (including phenoxy) is 1. The molecule has 0 spiro atoms. The van der Waals surface area contributed by atoms with Crippen molar-refractivity contribution >= 4 is 5.91 Å². The number of carbonyl (C=O) groups excluding carboxylic acids is 1. The van der Waals surface area contributed by atoms with Crippen molar-refractivity contribution in [3.63, 3.8) is 0 Å². The van der Waals surface area contributed by atoms with Crippen LogP contribution < -0.4 is 10.1 Å². The lowest BCUT2D eigenvalue weighted by molar-refractivity contribution is -0.149. The molecular formula is C18H25F3N2O2. The van der Waals surface area contributed by atoms with Crippen LogP contribution >= 0.6 is 0 Å². The first-order valence-corrected chi connectivity index (χ1v) is 8.52. The Morgan fingerprint density at radius 2 is 2.04 bits per heavy atom. The number of alkyl halides is 3. The average molecular weight is 358 g/mol. The van der Waals surface area contributed by atoms with Gasteiger partial charge in [-0.3, -0.25) is 9.69 Å². The lowest BCUT2D eigenvalue weighted by Crippen LogP contribution is -2.46. The third-order valence-electron chi connectivity index (χ3n) is 4.24. The van der Waals surface area contributed by atoms with E-state index in [4.69, 9.17) is 4.74 Å². The first-order valence-electron chi connectivity index (χ1n) is 8.52. The number of nitrogens with one attached hydrogen (secondary N) is 1. The summed E-state index contributed by atoms with van der Waals surface area (Å²) in [5.74, 6) is 0.416. The number of piperidine rings is 1. The predicted octanol–water partition coefficient (Wildman–Crippen LogP) is 3.15. The molecule has 1 atom stereocenters. The van der Waals surface area contributed by atoms with Gasteiger partial charge in [0.05, 0.1) is 12.6 Å². The molecule has 25 heavy (non-hydrogen) atoms. The van der Waals surface area contributed by atoms with E-state index in [1.807, 2.05) is 38.1 Å². The summed E-state index contributed by atoms with van der Waals surface area (Å²) in [4.78, 5) is 13.6. The van der Waals surface area contributed by atoms with E-state index in [2.05, 4.69) is 5.32 Å². The lowest BCUT2D eigenvalue weighted by atomic mass is 9.95. The van der Waals surface area contributed by atoms with E-state index < -0.39 is 12.7 Å². The van der Waals surface area contributed by atoms with Crippen molar-refractivity contribution in [2.45, 2.75) is 38.9 Å². The van der Waals surface area contributed by atoms with E-state index >= 15 is 0 Å². The van der Waals surface area contributed by atoms with Crippen LogP contribution in [0.3, 0.4) is 0 Å². The van der Waals surface area contributed by atoms with Gasteiger partial charge in [0.1, 0.15) is 12.4 Å². The quantitative estimate of drug-likeness (QED) is 0.849. The maximum Gasteiger partial charge on any atom is 0.401 e. The molecule has 1 saturated heterocycles. The highest BCUT2D eigenvalue weighted by Crippen LogP contribution is 2.22. The van der Waals surface area contributed by atoms with E-state index in [0.29, 0.717) is 32.5 Å². The van der Waals surface area contributed by atoms with Crippen molar-refractivity contribution in [2.75, 3.05) is 26.2 Å². The highest BCUT2D eigenvalue weighted by molar-refractivity contribution is 5.79. The van der Waals surface area contributed by atoms with Crippen LogP contribution in [0.1, 0.15) is 25.3 Å². The molecule has 1 aliphatic rings. The first kappa shape index (κ1) is 19.6. The first-order chi connectivity index (χ1) is 11.7. The maximum absolute atomic E-state index is 12.4. The lowest BCUT2D eigenvalue weighted by Gasteiger charge is -2.32. The van der Waals surface area contributed by atoms with Crippen molar-refractivity contribution in [3.05, 3.63) is 29.8 Å². The summed E-state index contributed by atoms with van der Waals surface area (Å²) in [5, 5.41) is 2.89. The maximum atomic E-state index is 12.4. The molecule has 0 radical (unpaired) electrons. The number of halogens is 3. The summed E-state index contributed by atoms with van der Waals surface area (Å²) in [6.45, 7) is 3.87. The summed E-state index contributed by atoms with van der Waals surface area (Å²) in [5.41, 5.74) is 1.10. The highest BCUT2D eigenvalue weighted by Gasteiger charge is 2.34. The minimum Gasteiger partial charge on any atom is -0.491 e. The zero-order valence-electron chi connectivity index (χ0n) is 14.6. The van der Waals surface area contributed by atoms with Crippen LogP contribution in [0.25, 0.3) is 0 Å². The summed E-state index contributed by atoms with van der Waals surface area (Å²) in [7, 11) is 0. The minimum absolute atomic E-state index is 0.105. The number of hydrogen-bond acceptors (Lipinski definition) is 3. The van der Waals surface area contributed by atoms with Gasteiger partial charge in [0.2, 0.25) is 5.91 Å². The Morgan fingerprint density at radius 3 is 2.64 bits per heavy atom. The number of nitrogens with zero attached hydrogens (tertiary/aromatic N) is 1. The van der Waals surface area contributed by atoms with Gasteiger partial charge in [-0.25, -0.2) is 0 Å². The topological polar surface area (TPSA) is 41.6 Å². The second-order valence-corrected chi connectivity index (χ2v) is 6.70. The van der Waals surface area contributed by atoms with Crippen LogP contribution in [-0.2, 0) is 4.79 Å². The van der Waals surface area contributed by atoms with Gasteiger partial charge in [0, 0.05) is 5.92 Å². The predicted molar refractivity (Wildman–Crippen MR) is 89.5 cm³/mol. The van der Waals surface area contributed by atoms with E-state index in [-0.39, 0.29) is 17.9 Å². The van der Waals surface area contributed by atoms with Gasteiger partial charge >= 0.3 is 6.18 Å². The normalized spacial score (nSPS) is 18.0. The van der Waals surface area contributed by atoms with Crippen LogP contribution in [0.5, 0.6) is 5.75 Å². The van der Waals surface area contributed by atoms with Crippen molar-refractivity contribution in [1.29, 1.82) is 0 Å². The summed E-state index contributed by atoms with van der Waals surface area (Å²) >= 11 is 0. The van der Waals surface area contributed by atoms with Gasteiger partial charge in [-0.05, 0) is 57.5 Å². The second-order valence-electron chi connectivity index (χ2n) is 6.70. The highest BCUT2D eigenvalue weighted by atomic mass is 19.4. The molecule has 1 unspecified atom stereocenters. The van der Waals surface area contributed by atoms with Crippen LogP contribution in [-0.4, -0.2) is 49.3 Å². The number of benzene rings is 1. The molecule has 0 bridgehead atoms. The Labute approximate surface area is 146 Å². The molecule has 1 aromatic carbocycles. The number of aryl methyl sites for hydroxylation is 1. The van der Waals surface area contributed by atoms with Crippen molar-refractivity contribution in [3.8, 4) is 5.75 Å². The minimum atomic E-state index is -4.18. The molecule has 4 nitrogen and oxygen atoms in total. The number of amides is 1. The summed E-state index contributed by atoms with van der Waals surface area (Å²) < 4.78 is 42.8. The van der Waals surface area contributed by atoms with Crippen molar-refractivity contribution in [1.82, 2.24) is 10.2 Å². The molecule has 1 N–H and O–H groups in total. The standard InChI is InChI=1S/C18H25F3N2O2/c1-13-4-3-5-16(10-13)25-11-14(2)22-17(24)15-6-8-23(9-7-15)12-18(19,20)21/h3-5,10,14-15H,6-9,11-12H2,1-2H3,(H,22,24). The molecule has 1 aromatic rings. The molecule has 0 aromatic heterocycles. The van der Waals surface area contributed by atoms with Gasteiger partial charge < -0.3 is 10.1 Å². The third-order valence-corrected chi connectivity index (χ3v) is 4.24. The number of carbonyl (C=O) groups is 1. The third kappa shape index (κ3) is 6.94. The number of hydrogen-bond donors (Lipinski definition) is 1. The molecule has 2 rings (SSSR count). The second kappa shape index (κ2) is 8.56. The Balaban J connectivity index is 1.71. The summed E-state index contributed by atoms with van der Waals surface area (Å²) in [6, 6.07) is 7.50. The Bertz CT molecular complexity index is 570. The largest absolute Gasteiger partial charge is 0.491 e. The molecule has 1 aliphatic heterocycles. The molecule has 1 heterocycles. The zero-order chi connectivity index (χ0) is 18.4. The average Bonchev–Trinajstić information content (AvgIpc) is 2.52. The smallest absolute Gasteiger partial charge is 0.401 e. The summed E-state index contributed by atoms with van der Waals surface area (Å²) in [6.07, 6.45) is -3.28. The molecule has 1 fully saturated rings. The Kier molecular flexibility index (Phi) is 6.70. The van der Waals surface area contributed by atoms with Gasteiger partial charge in [-0.1, -0.05) is 12.1 Å². The van der Waals surface area contributed by atoms with Crippen LogP contribution in [0.4, 0.5) is 13.2 Å². The fraction of sp³-hybridized carbons (Fsp3) is 0.611. The van der Waals surface area contributed by atoms with Gasteiger partial charge in [0.15, 0.2) is 0 Å². The van der Waals surface area contributed by atoms with Crippen LogP contribution in [0.15, 0.2) is 24.3 Å². The van der Waals surface area contributed by atoms with Crippen molar-refractivity contribution in [2.24, 2.45) is 5.92 Å². The van der Waals surface area contributed by atoms with Gasteiger partial charge in [-0.2, -0.15) is 13.2 Å². The van der Waals surface area contributed by atoms with E-state index in [1.54, 1.807) is 0 Å². The molecule has 0 aliphatic carbocycles. The Morgan fingerprint density at radius 1 is 1.36 bits per heavy atom. The van der Waals surface area contributed by atoms with Gasteiger partial charge in [-0.15, -0.1) is 0 Å². The van der Waals surface area contributed by atoms with Crippen LogP contribution in [0.2, 0.25) is 0 Å². The van der Waals surface area contributed by atoms with E-state index in [9.17, 15) is 18.0 Å². The Hall–Kier alpha value is -1.76. The van der Waals surface area contributed by atoms with Gasteiger partial charge in [0.25, 0.3) is 0 Å². The molecule has 0 saturated carbocycles. The van der Waals surface area contributed by atoms with Crippen LogP contribution in [0, 0.1) is 12.8 Å². The SMILES string of the molecule is Cc1cccc(OCC(C)NC(=O)C2CCN(CC(F)(F)F)CC2)c1. The fourth-order valence-electron chi connectivity index (χ4n) is 2.94.